The summed E-state index contributed by atoms with van der Waals surface area (Å²) < 4.78 is 12.3. The predicted molar refractivity (Wildman–Crippen MR) is 175 cm³/mol. The van der Waals surface area contributed by atoms with Gasteiger partial charge < -0.3 is 15.2 Å². The quantitative estimate of drug-likeness (QED) is 0.0978. The lowest BCUT2D eigenvalue weighted by atomic mass is 10.1. The van der Waals surface area contributed by atoms with Crippen molar-refractivity contribution in [2.75, 3.05) is 13.2 Å². The molecular weight excluding hydrogens is 502 g/mol. The van der Waals surface area contributed by atoms with Crippen LogP contribution in [0.2, 0.25) is 0 Å². The molecule has 0 bridgehead atoms. The van der Waals surface area contributed by atoms with Crippen molar-refractivity contribution in [1.82, 2.24) is 0 Å². The van der Waals surface area contributed by atoms with E-state index in [1.807, 2.05) is 6.07 Å². The second-order valence-electron chi connectivity index (χ2n) is 11.5. The van der Waals surface area contributed by atoms with Crippen LogP contribution in [0, 0.1) is 0 Å². The van der Waals surface area contributed by atoms with Crippen LogP contribution in [-0.4, -0.2) is 13.2 Å². The van der Waals surface area contributed by atoms with E-state index < -0.39 is 0 Å². The molecule has 0 saturated heterocycles. The van der Waals surface area contributed by atoms with Gasteiger partial charge in [0.1, 0.15) is 0 Å². The van der Waals surface area contributed by atoms with Crippen molar-refractivity contribution in [1.29, 1.82) is 0 Å². The van der Waals surface area contributed by atoms with Gasteiger partial charge in [0.2, 0.25) is 0 Å². The first-order valence-electron chi connectivity index (χ1n) is 16.9. The maximum atomic E-state index is 6.15. The van der Waals surface area contributed by atoms with Crippen molar-refractivity contribution < 1.29 is 9.47 Å². The summed E-state index contributed by atoms with van der Waals surface area (Å²) in [6.07, 6.45) is 32.7. The predicted octanol–water partition coefficient (Wildman–Crippen LogP) is 11.7. The molecule has 0 saturated carbocycles. The Morgan fingerprint density at radius 2 is 0.795 bits per heavy atom. The van der Waals surface area contributed by atoms with Crippen molar-refractivity contribution in [3.8, 4) is 11.5 Å². The number of unbranched alkanes of at least 4 members (excludes halogenated alkanes) is 22. The van der Waals surface area contributed by atoms with Gasteiger partial charge in [-0.05, 0) is 30.5 Å². The number of benzene rings is 1. The molecule has 0 atom stereocenters. The molecule has 39 heavy (non-hydrogen) atoms. The van der Waals surface area contributed by atoms with Crippen molar-refractivity contribution in [2.45, 2.75) is 174 Å². The Kier molecular flexibility index (Phi) is 29.3. The number of hydrogen-bond donors (Lipinski definition) is 1. The van der Waals surface area contributed by atoms with Gasteiger partial charge in [-0.3, -0.25) is 0 Å². The van der Waals surface area contributed by atoms with E-state index in [0.717, 1.165) is 43.1 Å². The smallest absolute Gasteiger partial charge is 0.161 e. The summed E-state index contributed by atoms with van der Waals surface area (Å²) in [5, 5.41) is 0. The van der Waals surface area contributed by atoms with E-state index in [2.05, 4.69) is 26.0 Å². The molecule has 0 aliphatic carbocycles. The van der Waals surface area contributed by atoms with Gasteiger partial charge >= 0.3 is 0 Å². The van der Waals surface area contributed by atoms with Crippen LogP contribution in [0.15, 0.2) is 18.2 Å². The van der Waals surface area contributed by atoms with Crippen LogP contribution in [0.5, 0.6) is 11.5 Å². The average molecular weight is 568 g/mol. The molecule has 0 heterocycles. The monoisotopic (exact) mass is 567 g/mol. The lowest BCUT2D eigenvalue weighted by Crippen LogP contribution is -2.04. The minimum atomic E-state index is 0. The van der Waals surface area contributed by atoms with Crippen molar-refractivity contribution in [3.63, 3.8) is 0 Å². The van der Waals surface area contributed by atoms with Crippen molar-refractivity contribution >= 4 is 12.4 Å². The van der Waals surface area contributed by atoms with Gasteiger partial charge in [-0.1, -0.05) is 161 Å². The molecule has 1 aromatic carbocycles. The van der Waals surface area contributed by atoms with Gasteiger partial charge in [0.05, 0.1) is 13.2 Å². The van der Waals surface area contributed by atoms with Gasteiger partial charge in [0.25, 0.3) is 0 Å². The molecule has 0 unspecified atom stereocenters. The van der Waals surface area contributed by atoms with Gasteiger partial charge in [0, 0.05) is 6.54 Å². The average Bonchev–Trinajstić information content (AvgIpc) is 2.94. The minimum absolute atomic E-state index is 0. The molecule has 0 radical (unpaired) electrons. The third-order valence-electron chi connectivity index (χ3n) is 7.75. The summed E-state index contributed by atoms with van der Waals surface area (Å²) in [5.41, 5.74) is 6.98. The molecule has 4 heteroatoms. The standard InChI is InChI=1S/C35H65NO2.ClH/c1-3-5-7-9-11-13-15-17-19-21-23-25-29-37-34-28-27-33(32-36)31-35(34)38-30-26-24-22-20-18-16-14-12-10-8-6-4-2;/h27-28,31H,3-26,29-30,32,36H2,1-2H3;1H. The van der Waals surface area contributed by atoms with Gasteiger partial charge in [-0.25, -0.2) is 0 Å². The Labute approximate surface area is 250 Å². The molecule has 0 amide bonds. The highest BCUT2D eigenvalue weighted by Gasteiger charge is 2.07. The van der Waals surface area contributed by atoms with Crippen LogP contribution in [0.25, 0.3) is 0 Å². The number of nitrogens with two attached hydrogens (primary N) is 1. The SMILES string of the molecule is CCCCCCCCCCCCCCOc1ccc(CN)cc1OCCCCCCCCCCCCCC.Cl. The van der Waals surface area contributed by atoms with Crippen LogP contribution in [-0.2, 0) is 6.54 Å². The zero-order valence-corrected chi connectivity index (χ0v) is 26.9. The Morgan fingerprint density at radius 3 is 1.15 bits per heavy atom. The second kappa shape index (κ2) is 30.0. The topological polar surface area (TPSA) is 44.5 Å². The van der Waals surface area contributed by atoms with E-state index in [4.69, 9.17) is 15.2 Å². The van der Waals surface area contributed by atoms with Crippen LogP contribution < -0.4 is 15.2 Å². The first-order chi connectivity index (χ1) is 18.8. The molecule has 2 N–H and O–H groups in total. The largest absolute Gasteiger partial charge is 0.490 e. The molecule has 0 spiro atoms. The van der Waals surface area contributed by atoms with Crippen molar-refractivity contribution in [3.05, 3.63) is 23.8 Å². The second-order valence-corrected chi connectivity index (χ2v) is 11.5. The molecular formula is C35H66ClNO2. The molecule has 0 fully saturated rings. The van der Waals surface area contributed by atoms with E-state index in [-0.39, 0.29) is 12.4 Å². The van der Waals surface area contributed by atoms with E-state index in [0.29, 0.717) is 6.54 Å². The zero-order valence-electron chi connectivity index (χ0n) is 26.1. The molecule has 230 valence electrons. The lowest BCUT2D eigenvalue weighted by Gasteiger charge is -2.14. The van der Waals surface area contributed by atoms with E-state index in [1.54, 1.807) is 0 Å². The third-order valence-corrected chi connectivity index (χ3v) is 7.75. The Bertz CT molecular complexity index is 625. The van der Waals surface area contributed by atoms with Gasteiger partial charge in [-0.2, -0.15) is 0 Å². The highest BCUT2D eigenvalue weighted by atomic mass is 35.5. The summed E-state index contributed by atoms with van der Waals surface area (Å²) in [6.45, 7) is 6.65. The summed E-state index contributed by atoms with van der Waals surface area (Å²) in [7, 11) is 0. The van der Waals surface area contributed by atoms with Gasteiger partial charge in [0.15, 0.2) is 11.5 Å². The zero-order chi connectivity index (χ0) is 27.4. The molecule has 0 aliphatic heterocycles. The fraction of sp³-hybridized carbons (Fsp3) is 0.829. The molecule has 1 rings (SSSR count). The van der Waals surface area contributed by atoms with Crippen molar-refractivity contribution in [2.24, 2.45) is 5.73 Å². The summed E-state index contributed by atoms with van der Waals surface area (Å²) in [5.74, 6) is 1.75. The maximum Gasteiger partial charge on any atom is 0.161 e. The maximum absolute atomic E-state index is 6.15. The molecule has 0 aliphatic rings. The van der Waals surface area contributed by atoms with Crippen LogP contribution in [0.1, 0.15) is 174 Å². The van der Waals surface area contributed by atoms with E-state index >= 15 is 0 Å². The number of hydrogen-bond acceptors (Lipinski definition) is 3. The van der Waals surface area contributed by atoms with Crippen LogP contribution in [0.4, 0.5) is 0 Å². The van der Waals surface area contributed by atoms with E-state index in [9.17, 15) is 0 Å². The fourth-order valence-electron chi connectivity index (χ4n) is 5.16. The highest BCUT2D eigenvalue weighted by molar-refractivity contribution is 5.85. The molecule has 3 nitrogen and oxygen atoms in total. The Morgan fingerprint density at radius 1 is 0.462 bits per heavy atom. The Hall–Kier alpha value is -0.930. The molecule has 0 aromatic heterocycles. The van der Waals surface area contributed by atoms with Crippen LogP contribution in [0.3, 0.4) is 0 Å². The summed E-state index contributed by atoms with van der Waals surface area (Å²) in [6, 6.07) is 6.17. The number of rotatable bonds is 29. The first-order valence-corrected chi connectivity index (χ1v) is 16.9. The fourth-order valence-corrected chi connectivity index (χ4v) is 5.16. The first kappa shape index (κ1) is 38.1. The number of ether oxygens (including phenoxy) is 2. The van der Waals surface area contributed by atoms with Crippen LogP contribution >= 0.6 is 12.4 Å². The minimum Gasteiger partial charge on any atom is -0.490 e. The van der Waals surface area contributed by atoms with Gasteiger partial charge in [-0.15, -0.1) is 12.4 Å². The normalized spacial score (nSPS) is 10.9. The molecule has 1 aromatic rings. The third kappa shape index (κ3) is 23.5. The summed E-state index contributed by atoms with van der Waals surface area (Å²) >= 11 is 0. The summed E-state index contributed by atoms with van der Waals surface area (Å²) in [4.78, 5) is 0. The highest BCUT2D eigenvalue weighted by Crippen LogP contribution is 2.29. The van der Waals surface area contributed by atoms with E-state index in [1.165, 1.54) is 141 Å². The Balaban J connectivity index is 0.0000144. The lowest BCUT2D eigenvalue weighted by molar-refractivity contribution is 0.258. The number of halogens is 1.